The van der Waals surface area contributed by atoms with Crippen molar-refractivity contribution in [1.82, 2.24) is 0 Å². The van der Waals surface area contributed by atoms with Gasteiger partial charge >= 0.3 is 7.82 Å². The van der Waals surface area contributed by atoms with E-state index in [1.54, 1.807) is 7.11 Å². The van der Waals surface area contributed by atoms with Crippen LogP contribution in [0.4, 0.5) is 0 Å². The molecule has 146 valence electrons. The van der Waals surface area contributed by atoms with Crippen molar-refractivity contribution in [3.8, 4) is 5.75 Å². The van der Waals surface area contributed by atoms with Crippen LogP contribution in [0.15, 0.2) is 36.9 Å². The van der Waals surface area contributed by atoms with Crippen molar-refractivity contribution in [2.24, 2.45) is 5.92 Å². The Balaban J connectivity index is 1.82. The Hall–Kier alpha value is -1.17. The zero-order valence-corrected chi connectivity index (χ0v) is 16.7. The summed E-state index contributed by atoms with van der Waals surface area (Å²) in [7, 11) is -0.518. The third-order valence-electron chi connectivity index (χ3n) is 4.45. The number of benzene rings is 1. The monoisotopic (exact) mass is 384 g/mol. The van der Waals surface area contributed by atoms with Gasteiger partial charge in [0.25, 0.3) is 0 Å². The summed E-state index contributed by atoms with van der Waals surface area (Å²) in [6, 6.07) is 7.74. The van der Waals surface area contributed by atoms with Crippen LogP contribution < -0.4 is 4.74 Å². The van der Waals surface area contributed by atoms with E-state index in [0.29, 0.717) is 26.1 Å². The van der Waals surface area contributed by atoms with Gasteiger partial charge in [-0.3, -0.25) is 13.6 Å². The zero-order chi connectivity index (χ0) is 19.0. The van der Waals surface area contributed by atoms with Crippen LogP contribution in [0.25, 0.3) is 0 Å². The lowest BCUT2D eigenvalue weighted by Gasteiger charge is -2.36. The van der Waals surface area contributed by atoms with Gasteiger partial charge in [-0.2, -0.15) is 0 Å². The predicted octanol–water partition coefficient (Wildman–Crippen LogP) is 4.74. The number of hydrogen-bond acceptors (Lipinski definition) is 6. The highest BCUT2D eigenvalue weighted by Gasteiger charge is 2.41. The molecule has 0 aromatic heterocycles. The Morgan fingerprint density at radius 3 is 2.65 bits per heavy atom. The molecule has 1 heterocycles. The molecule has 0 saturated carbocycles. The van der Waals surface area contributed by atoms with Gasteiger partial charge in [0.1, 0.15) is 5.75 Å². The van der Waals surface area contributed by atoms with Crippen molar-refractivity contribution in [2.45, 2.75) is 45.0 Å². The quantitative estimate of drug-likeness (QED) is 0.330. The van der Waals surface area contributed by atoms with E-state index < -0.39 is 7.82 Å². The molecular weight excluding hydrogens is 355 g/mol. The van der Waals surface area contributed by atoms with Gasteiger partial charge in [0.05, 0.1) is 25.9 Å². The van der Waals surface area contributed by atoms with Crippen LogP contribution in [-0.2, 0) is 29.5 Å². The second-order valence-electron chi connectivity index (χ2n) is 6.43. The number of methoxy groups -OCH3 is 1. The average Bonchev–Trinajstić information content (AvgIpc) is 2.65. The topological polar surface area (TPSA) is 63.2 Å². The van der Waals surface area contributed by atoms with Crippen molar-refractivity contribution < 1.29 is 27.6 Å². The Labute approximate surface area is 156 Å². The molecule has 7 heteroatoms. The summed E-state index contributed by atoms with van der Waals surface area (Å²) in [5.74, 6) is 1.02. The normalized spacial score (nSPS) is 27.0. The number of ether oxygens (including phenoxy) is 2. The molecule has 0 radical (unpaired) electrons. The summed E-state index contributed by atoms with van der Waals surface area (Å²) >= 11 is 0. The maximum atomic E-state index is 12.5. The Morgan fingerprint density at radius 1 is 1.31 bits per heavy atom. The molecule has 1 aliphatic heterocycles. The lowest BCUT2D eigenvalue weighted by atomic mass is 9.95. The van der Waals surface area contributed by atoms with E-state index in [-0.39, 0.29) is 18.1 Å². The van der Waals surface area contributed by atoms with E-state index in [2.05, 4.69) is 13.5 Å². The predicted molar refractivity (Wildman–Crippen MR) is 100 cm³/mol. The van der Waals surface area contributed by atoms with Crippen LogP contribution in [0, 0.1) is 5.92 Å². The molecular formula is C19H29O6P. The van der Waals surface area contributed by atoms with Crippen molar-refractivity contribution >= 4 is 7.82 Å². The van der Waals surface area contributed by atoms with Gasteiger partial charge in [-0.25, -0.2) is 4.57 Å². The van der Waals surface area contributed by atoms with Gasteiger partial charge in [0.2, 0.25) is 0 Å². The van der Waals surface area contributed by atoms with Gasteiger partial charge in [-0.1, -0.05) is 25.1 Å². The third kappa shape index (κ3) is 6.22. The molecule has 0 amide bonds. The second-order valence-corrected chi connectivity index (χ2v) is 8.11. The minimum absolute atomic E-state index is 0.181. The molecule has 1 aromatic carbocycles. The van der Waals surface area contributed by atoms with E-state index in [1.165, 1.54) is 7.11 Å². The van der Waals surface area contributed by atoms with E-state index in [1.807, 2.05) is 30.3 Å². The van der Waals surface area contributed by atoms with Gasteiger partial charge in [0, 0.05) is 20.1 Å². The Kier molecular flexibility index (Phi) is 8.32. The van der Waals surface area contributed by atoms with E-state index in [4.69, 9.17) is 23.0 Å². The molecule has 4 atom stereocenters. The summed E-state index contributed by atoms with van der Waals surface area (Å²) < 4.78 is 39.5. The van der Waals surface area contributed by atoms with Gasteiger partial charge in [-0.15, -0.1) is 6.58 Å². The van der Waals surface area contributed by atoms with Crippen LogP contribution in [0.2, 0.25) is 0 Å². The van der Waals surface area contributed by atoms with Crippen molar-refractivity contribution in [3.05, 3.63) is 42.5 Å². The van der Waals surface area contributed by atoms with Crippen LogP contribution in [0.1, 0.15) is 31.7 Å². The Morgan fingerprint density at radius 2 is 2.04 bits per heavy atom. The van der Waals surface area contributed by atoms with Crippen molar-refractivity contribution in [3.63, 3.8) is 0 Å². The molecule has 1 fully saturated rings. The first kappa shape index (κ1) is 21.1. The molecule has 1 saturated heterocycles. The maximum absolute atomic E-state index is 12.5. The van der Waals surface area contributed by atoms with Crippen LogP contribution in [0.3, 0.4) is 0 Å². The fraction of sp³-hybridized carbons (Fsp3) is 0.579. The van der Waals surface area contributed by atoms with Gasteiger partial charge in [-0.05, 0) is 36.5 Å². The number of rotatable bonds is 10. The molecule has 1 unspecified atom stereocenters. The van der Waals surface area contributed by atoms with Crippen LogP contribution in [0.5, 0.6) is 5.75 Å². The van der Waals surface area contributed by atoms with Crippen LogP contribution >= 0.6 is 7.82 Å². The molecule has 0 aliphatic carbocycles. The fourth-order valence-electron chi connectivity index (χ4n) is 2.85. The number of phosphoric ester groups is 1. The molecule has 2 rings (SSSR count). The molecule has 0 bridgehead atoms. The molecule has 1 aromatic rings. The maximum Gasteiger partial charge on any atom is 0.475 e. The number of allylic oxidation sites excluding steroid dienone is 1. The third-order valence-corrected chi connectivity index (χ3v) is 5.98. The number of phosphoric acid groups is 1. The lowest BCUT2D eigenvalue weighted by molar-refractivity contribution is -0.0355. The minimum atomic E-state index is -3.50. The molecule has 1 aliphatic rings. The lowest BCUT2D eigenvalue weighted by Crippen LogP contribution is -2.33. The van der Waals surface area contributed by atoms with Gasteiger partial charge < -0.3 is 9.47 Å². The first-order valence-corrected chi connectivity index (χ1v) is 10.3. The smallest absolute Gasteiger partial charge is 0.475 e. The summed E-state index contributed by atoms with van der Waals surface area (Å²) in [5, 5.41) is 0. The minimum Gasteiger partial charge on any atom is -0.497 e. The first-order chi connectivity index (χ1) is 12.5. The second kappa shape index (κ2) is 10.2. The van der Waals surface area contributed by atoms with E-state index in [9.17, 15) is 4.57 Å². The van der Waals surface area contributed by atoms with Crippen molar-refractivity contribution in [1.29, 1.82) is 0 Å². The molecule has 0 spiro atoms. The highest BCUT2D eigenvalue weighted by Crippen LogP contribution is 2.56. The van der Waals surface area contributed by atoms with E-state index >= 15 is 0 Å². The highest BCUT2D eigenvalue weighted by molar-refractivity contribution is 7.48. The zero-order valence-electron chi connectivity index (χ0n) is 15.8. The molecule has 26 heavy (non-hydrogen) atoms. The van der Waals surface area contributed by atoms with E-state index in [0.717, 1.165) is 17.7 Å². The molecule has 0 N–H and O–H groups in total. The summed E-state index contributed by atoms with van der Waals surface area (Å²) in [6.45, 7) is 6.82. The average molecular weight is 384 g/mol. The summed E-state index contributed by atoms with van der Waals surface area (Å²) in [5.41, 5.74) is 1.07. The largest absolute Gasteiger partial charge is 0.497 e. The fourth-order valence-corrected chi connectivity index (χ4v) is 4.26. The summed E-state index contributed by atoms with van der Waals surface area (Å²) in [6.07, 6.45) is 3.52. The number of hydrogen-bond donors (Lipinski definition) is 0. The van der Waals surface area contributed by atoms with Crippen LogP contribution in [-0.4, -0.2) is 33.0 Å². The standard InChI is InChI=1S/C19H29O6P/c1-5-6-15(2)19-13-18(24-26(20,22-4)25-19)11-12-23-14-16-7-9-17(21-3)10-8-16/h5,7-10,15,18-19H,1,6,11-14H2,2-4H3/t15-,18-,19+,26?/m0/s1. The SMILES string of the molecule is C=CC[C@H](C)[C@H]1C[C@H](CCOCc2ccc(OC)cc2)OP(=O)(OC)O1. The molecule has 6 nitrogen and oxygen atoms in total. The summed E-state index contributed by atoms with van der Waals surface area (Å²) in [4.78, 5) is 0. The van der Waals surface area contributed by atoms with Gasteiger partial charge in [0.15, 0.2) is 0 Å². The Bertz CT molecular complexity index is 603. The first-order valence-electron chi connectivity index (χ1n) is 8.83. The van der Waals surface area contributed by atoms with Crippen molar-refractivity contribution in [2.75, 3.05) is 20.8 Å². The highest BCUT2D eigenvalue weighted by atomic mass is 31.2.